The molecule has 0 radical (unpaired) electrons. The van der Waals surface area contributed by atoms with Crippen molar-refractivity contribution in [2.75, 3.05) is 0 Å². The summed E-state index contributed by atoms with van der Waals surface area (Å²) in [6.07, 6.45) is 0. The van der Waals surface area contributed by atoms with Crippen LogP contribution in [0.3, 0.4) is 0 Å². The van der Waals surface area contributed by atoms with Crippen molar-refractivity contribution in [1.29, 1.82) is 0 Å². The van der Waals surface area contributed by atoms with Crippen LogP contribution < -0.4 is 0 Å². The van der Waals surface area contributed by atoms with Crippen molar-refractivity contribution in [3.05, 3.63) is 133 Å². The van der Waals surface area contributed by atoms with E-state index in [9.17, 15) is 0 Å². The first-order chi connectivity index (χ1) is 17.7. The van der Waals surface area contributed by atoms with E-state index >= 15 is 8.78 Å². The molecule has 0 bridgehead atoms. The summed E-state index contributed by atoms with van der Waals surface area (Å²) < 4.78 is 32.6. The van der Waals surface area contributed by atoms with E-state index in [0.717, 1.165) is 31.3 Å². The Hall–Kier alpha value is -2.64. The Balaban J connectivity index is 1.71. The monoisotopic (exact) mass is 546 g/mol. The van der Waals surface area contributed by atoms with E-state index in [-0.39, 0.29) is 4.90 Å². The quantitative estimate of drug-likeness (QED) is 0.190. The van der Waals surface area contributed by atoms with Gasteiger partial charge >= 0.3 is 0 Å². The lowest BCUT2D eigenvalue weighted by Crippen LogP contribution is -1.99. The second kappa shape index (κ2) is 12.1. The molecule has 0 aliphatic carbocycles. The summed E-state index contributed by atoms with van der Waals surface area (Å²) in [6, 6.07) is 38.4. The highest BCUT2D eigenvalue weighted by Crippen LogP contribution is 2.51. The molecule has 0 aliphatic heterocycles. The van der Waals surface area contributed by atoms with Gasteiger partial charge in [0.25, 0.3) is 0 Å². The van der Waals surface area contributed by atoms with Gasteiger partial charge in [0.05, 0.1) is 14.7 Å². The molecule has 5 aromatic carbocycles. The van der Waals surface area contributed by atoms with Crippen molar-refractivity contribution in [3.63, 3.8) is 0 Å². The zero-order valence-corrected chi connectivity index (χ0v) is 22.2. The summed E-state index contributed by atoms with van der Waals surface area (Å²) in [6.45, 7) is 0. The van der Waals surface area contributed by atoms with Gasteiger partial charge in [0, 0.05) is 24.5 Å². The van der Waals surface area contributed by atoms with Crippen LogP contribution in [0.15, 0.2) is 160 Å². The molecule has 0 heterocycles. The molecule has 5 rings (SSSR count). The standard InChI is InChI=1S/C30H20F2S4/c31-25-27(33-21-13-5-1-6-14-21)26(32)29(35-23-17-9-3-10-18-23)30(36-24-19-11-4-12-20-24)28(25)34-22-15-7-2-8-16-22/h1-20H. The van der Waals surface area contributed by atoms with Crippen LogP contribution in [0.4, 0.5) is 8.78 Å². The van der Waals surface area contributed by atoms with Gasteiger partial charge in [-0.1, -0.05) is 120 Å². The molecule has 36 heavy (non-hydrogen) atoms. The lowest BCUT2D eigenvalue weighted by atomic mass is 10.3. The van der Waals surface area contributed by atoms with Crippen LogP contribution in [0.5, 0.6) is 0 Å². The highest BCUT2D eigenvalue weighted by Gasteiger charge is 2.27. The largest absolute Gasteiger partial charge is 0.204 e. The fourth-order valence-corrected chi connectivity index (χ4v) is 7.73. The zero-order chi connectivity index (χ0) is 24.7. The Morgan fingerprint density at radius 2 is 0.556 bits per heavy atom. The minimum absolute atomic E-state index is 0.00970. The van der Waals surface area contributed by atoms with E-state index in [1.54, 1.807) is 0 Å². The van der Waals surface area contributed by atoms with Gasteiger partial charge < -0.3 is 0 Å². The van der Waals surface area contributed by atoms with Crippen LogP contribution in [0.1, 0.15) is 0 Å². The first kappa shape index (κ1) is 25.0. The molecule has 0 nitrogen and oxygen atoms in total. The minimum atomic E-state index is -0.536. The third-order valence-corrected chi connectivity index (χ3v) is 9.70. The molecule has 6 heteroatoms. The summed E-state index contributed by atoms with van der Waals surface area (Å²) >= 11 is 5.17. The maximum atomic E-state index is 16.3. The molecule has 178 valence electrons. The van der Waals surface area contributed by atoms with Gasteiger partial charge in [0.2, 0.25) is 0 Å². The van der Waals surface area contributed by atoms with Gasteiger partial charge in [0.1, 0.15) is 0 Å². The molecule has 0 unspecified atom stereocenters. The Kier molecular flexibility index (Phi) is 8.39. The lowest BCUT2D eigenvalue weighted by Gasteiger charge is -2.19. The summed E-state index contributed by atoms with van der Waals surface area (Å²) in [5, 5.41) is 0. The summed E-state index contributed by atoms with van der Waals surface area (Å²) in [5.74, 6) is -1.07. The highest BCUT2D eigenvalue weighted by molar-refractivity contribution is 8.04. The molecule has 5 aromatic rings. The van der Waals surface area contributed by atoms with E-state index in [0.29, 0.717) is 14.7 Å². The van der Waals surface area contributed by atoms with E-state index < -0.39 is 11.6 Å². The van der Waals surface area contributed by atoms with Crippen LogP contribution in [0.2, 0.25) is 0 Å². The molecule has 0 saturated carbocycles. The van der Waals surface area contributed by atoms with E-state index in [1.807, 2.05) is 121 Å². The summed E-state index contributed by atoms with van der Waals surface area (Å²) in [5.41, 5.74) is 0. The van der Waals surface area contributed by atoms with Gasteiger partial charge in [-0.2, -0.15) is 0 Å². The third kappa shape index (κ3) is 6.01. The van der Waals surface area contributed by atoms with Crippen LogP contribution >= 0.6 is 47.0 Å². The van der Waals surface area contributed by atoms with Crippen molar-refractivity contribution < 1.29 is 8.78 Å². The number of benzene rings is 5. The smallest absolute Gasteiger partial charge is 0.155 e. The average Bonchev–Trinajstić information content (AvgIpc) is 2.93. The maximum absolute atomic E-state index is 16.3. The van der Waals surface area contributed by atoms with Gasteiger partial charge in [0.15, 0.2) is 11.6 Å². The fourth-order valence-electron chi connectivity index (χ4n) is 3.40. The van der Waals surface area contributed by atoms with Gasteiger partial charge in [-0.15, -0.1) is 0 Å². The molecule has 0 saturated heterocycles. The second-order valence-electron chi connectivity index (χ2n) is 7.60. The Morgan fingerprint density at radius 3 is 0.861 bits per heavy atom. The molecule has 0 aliphatic rings. The minimum Gasteiger partial charge on any atom is -0.204 e. The molecule has 0 fully saturated rings. The van der Waals surface area contributed by atoms with Crippen molar-refractivity contribution in [2.45, 2.75) is 39.2 Å². The Morgan fingerprint density at radius 1 is 0.306 bits per heavy atom. The number of hydrogen-bond acceptors (Lipinski definition) is 4. The molecule has 0 amide bonds. The van der Waals surface area contributed by atoms with Crippen LogP contribution in [-0.4, -0.2) is 0 Å². The zero-order valence-electron chi connectivity index (χ0n) is 18.9. The van der Waals surface area contributed by atoms with E-state index in [1.165, 1.54) is 35.3 Å². The maximum Gasteiger partial charge on any atom is 0.155 e. The summed E-state index contributed by atoms with van der Waals surface area (Å²) in [4.78, 5) is 4.93. The fraction of sp³-hybridized carbons (Fsp3) is 0. The predicted molar refractivity (Wildman–Crippen MR) is 149 cm³/mol. The van der Waals surface area contributed by atoms with Crippen molar-refractivity contribution in [3.8, 4) is 0 Å². The normalized spacial score (nSPS) is 10.9. The Labute approximate surface area is 226 Å². The molecule has 0 atom stereocenters. The first-order valence-corrected chi connectivity index (χ1v) is 14.4. The number of rotatable bonds is 8. The molecule has 0 aromatic heterocycles. The highest BCUT2D eigenvalue weighted by atomic mass is 32.2. The van der Waals surface area contributed by atoms with Crippen molar-refractivity contribution in [1.82, 2.24) is 0 Å². The predicted octanol–water partition coefficient (Wildman–Crippen LogP) is 10.6. The topological polar surface area (TPSA) is 0 Å². The van der Waals surface area contributed by atoms with Crippen molar-refractivity contribution >= 4 is 47.0 Å². The number of hydrogen-bond donors (Lipinski definition) is 0. The third-order valence-electron chi connectivity index (χ3n) is 5.06. The van der Waals surface area contributed by atoms with Crippen LogP contribution in [0, 0.1) is 11.6 Å². The van der Waals surface area contributed by atoms with E-state index in [4.69, 9.17) is 0 Å². The second-order valence-corrected chi connectivity index (χ2v) is 11.9. The Bertz CT molecular complexity index is 1360. The SMILES string of the molecule is Fc1c(Sc2ccccc2)c(F)c(Sc2ccccc2)c(Sc2ccccc2)c1Sc1ccccc1. The molecule has 0 spiro atoms. The first-order valence-electron chi connectivity index (χ1n) is 11.2. The average molecular weight is 547 g/mol. The van der Waals surface area contributed by atoms with Gasteiger partial charge in [-0.25, -0.2) is 8.78 Å². The van der Waals surface area contributed by atoms with E-state index in [2.05, 4.69) is 0 Å². The summed E-state index contributed by atoms with van der Waals surface area (Å²) in [7, 11) is 0. The molecule has 0 N–H and O–H groups in total. The molecular weight excluding hydrogens is 527 g/mol. The number of halogens is 2. The molecular formula is C30H20F2S4. The van der Waals surface area contributed by atoms with Crippen LogP contribution in [0.25, 0.3) is 0 Å². The van der Waals surface area contributed by atoms with Gasteiger partial charge in [-0.05, 0) is 48.5 Å². The lowest BCUT2D eigenvalue weighted by molar-refractivity contribution is 0.493. The van der Waals surface area contributed by atoms with Crippen molar-refractivity contribution in [2.24, 2.45) is 0 Å². The van der Waals surface area contributed by atoms with Gasteiger partial charge in [-0.3, -0.25) is 0 Å². The van der Waals surface area contributed by atoms with Crippen LogP contribution in [-0.2, 0) is 0 Å².